The van der Waals surface area contributed by atoms with Gasteiger partial charge in [-0.3, -0.25) is 9.10 Å². The molecule has 1 N–H and O–H groups in total. The van der Waals surface area contributed by atoms with Crippen molar-refractivity contribution in [2.24, 2.45) is 0 Å². The van der Waals surface area contributed by atoms with E-state index in [9.17, 15) is 18.0 Å². The summed E-state index contributed by atoms with van der Waals surface area (Å²) in [5.74, 6) is -0.901. The molecule has 7 nitrogen and oxygen atoms in total. The van der Waals surface area contributed by atoms with Gasteiger partial charge in [0.05, 0.1) is 34.7 Å². The molecular weight excluding hydrogens is 392 g/mol. The minimum absolute atomic E-state index is 0.114. The molecule has 9 heteroatoms. The van der Waals surface area contributed by atoms with Gasteiger partial charge < -0.3 is 10.1 Å². The molecule has 0 aliphatic carbocycles. The number of hydrogen-bond acceptors (Lipinski definition) is 5. The summed E-state index contributed by atoms with van der Waals surface area (Å²) >= 11 is 6.14. The van der Waals surface area contributed by atoms with Crippen LogP contribution in [0.4, 0.5) is 11.4 Å². The number of carbonyl (C=O) groups is 2. The van der Waals surface area contributed by atoms with Gasteiger partial charge in [0, 0.05) is 12.7 Å². The number of sulfonamides is 1. The van der Waals surface area contributed by atoms with Crippen molar-refractivity contribution < 1.29 is 22.7 Å². The summed E-state index contributed by atoms with van der Waals surface area (Å²) in [6.07, 6.45) is 1.07. The van der Waals surface area contributed by atoms with E-state index >= 15 is 0 Å². The fourth-order valence-corrected chi connectivity index (χ4v) is 2.94. The Morgan fingerprint density at radius 3 is 2.30 bits per heavy atom. The second-order valence-electron chi connectivity index (χ2n) is 5.65. The van der Waals surface area contributed by atoms with Crippen molar-refractivity contribution in [2.75, 3.05) is 29.5 Å². The highest BCUT2D eigenvalue weighted by molar-refractivity contribution is 7.92. The van der Waals surface area contributed by atoms with Crippen LogP contribution in [0.2, 0.25) is 5.02 Å². The van der Waals surface area contributed by atoms with Gasteiger partial charge in [-0.25, -0.2) is 13.2 Å². The van der Waals surface area contributed by atoms with Gasteiger partial charge in [0.25, 0.3) is 5.91 Å². The first-order valence-corrected chi connectivity index (χ1v) is 10.2. The number of carbonyl (C=O) groups excluding carboxylic acids is 2. The van der Waals surface area contributed by atoms with E-state index in [1.165, 1.54) is 25.2 Å². The Balaban J connectivity index is 2.15. The summed E-state index contributed by atoms with van der Waals surface area (Å²) in [7, 11) is -2.04. The smallest absolute Gasteiger partial charge is 0.338 e. The molecule has 0 atom stereocenters. The van der Waals surface area contributed by atoms with Crippen LogP contribution < -0.4 is 9.62 Å². The zero-order valence-electron chi connectivity index (χ0n) is 15.0. The number of anilines is 2. The van der Waals surface area contributed by atoms with Crippen LogP contribution >= 0.6 is 11.6 Å². The third-order valence-corrected chi connectivity index (χ3v) is 5.23. The standard InChI is InChI=1S/C18H19ClN2O5S/c1-4-26-18(23)12-5-7-13(8-6-12)20-17(22)15-10-9-14(11-16(15)19)21(2)27(3,24)25/h5-11H,4H2,1-3H3,(H,20,22). The molecule has 0 aromatic heterocycles. The SMILES string of the molecule is CCOC(=O)c1ccc(NC(=O)c2ccc(N(C)S(C)(=O)=O)cc2Cl)cc1. The topological polar surface area (TPSA) is 92.8 Å². The fourth-order valence-electron chi connectivity index (χ4n) is 2.18. The Morgan fingerprint density at radius 2 is 1.78 bits per heavy atom. The Hall–Kier alpha value is -2.58. The zero-order chi connectivity index (χ0) is 20.2. The summed E-state index contributed by atoms with van der Waals surface area (Å²) in [4.78, 5) is 24.0. The van der Waals surface area contributed by atoms with E-state index in [2.05, 4.69) is 5.32 Å². The minimum atomic E-state index is -3.43. The van der Waals surface area contributed by atoms with Gasteiger partial charge in [-0.1, -0.05) is 11.6 Å². The van der Waals surface area contributed by atoms with E-state index in [1.54, 1.807) is 31.2 Å². The normalized spacial score (nSPS) is 11.0. The molecule has 0 saturated carbocycles. The van der Waals surface area contributed by atoms with Crippen molar-refractivity contribution >= 4 is 44.9 Å². The lowest BCUT2D eigenvalue weighted by Crippen LogP contribution is -2.25. The quantitative estimate of drug-likeness (QED) is 0.738. The second kappa shape index (κ2) is 8.41. The molecular formula is C18H19ClN2O5S. The number of nitrogens with zero attached hydrogens (tertiary/aromatic N) is 1. The highest BCUT2D eigenvalue weighted by Gasteiger charge is 2.16. The van der Waals surface area contributed by atoms with Crippen LogP contribution in [0.15, 0.2) is 42.5 Å². The highest BCUT2D eigenvalue weighted by atomic mass is 35.5. The number of rotatable bonds is 6. The summed E-state index contributed by atoms with van der Waals surface area (Å²) in [6, 6.07) is 10.6. The van der Waals surface area contributed by atoms with E-state index in [0.29, 0.717) is 16.9 Å². The number of ether oxygens (including phenoxy) is 1. The molecule has 0 aliphatic heterocycles. The van der Waals surface area contributed by atoms with E-state index in [-0.39, 0.29) is 17.2 Å². The molecule has 27 heavy (non-hydrogen) atoms. The number of esters is 1. The average Bonchev–Trinajstić information content (AvgIpc) is 2.60. The molecule has 0 bridgehead atoms. The summed E-state index contributed by atoms with van der Waals surface area (Å²) in [5, 5.41) is 2.78. The molecule has 1 amide bonds. The number of benzene rings is 2. The van der Waals surface area contributed by atoms with Crippen LogP contribution in [0.3, 0.4) is 0 Å². The number of amides is 1. The maximum atomic E-state index is 12.4. The van der Waals surface area contributed by atoms with Crippen molar-refractivity contribution in [2.45, 2.75) is 6.92 Å². The summed E-state index contributed by atoms with van der Waals surface area (Å²) in [5.41, 5.74) is 1.39. The number of hydrogen-bond donors (Lipinski definition) is 1. The number of halogens is 1. The highest BCUT2D eigenvalue weighted by Crippen LogP contribution is 2.25. The van der Waals surface area contributed by atoms with E-state index in [1.807, 2.05) is 0 Å². The predicted octanol–water partition coefficient (Wildman–Crippen LogP) is 3.16. The molecule has 0 aliphatic rings. The second-order valence-corrected chi connectivity index (χ2v) is 8.07. The van der Waals surface area contributed by atoms with Crippen molar-refractivity contribution in [3.63, 3.8) is 0 Å². The van der Waals surface area contributed by atoms with Crippen LogP contribution in [0, 0.1) is 0 Å². The maximum absolute atomic E-state index is 12.4. The molecule has 144 valence electrons. The third kappa shape index (κ3) is 5.21. The summed E-state index contributed by atoms with van der Waals surface area (Å²) in [6.45, 7) is 2.00. The zero-order valence-corrected chi connectivity index (χ0v) is 16.6. The van der Waals surface area contributed by atoms with E-state index < -0.39 is 21.9 Å². The van der Waals surface area contributed by atoms with E-state index in [4.69, 9.17) is 16.3 Å². The molecule has 2 aromatic carbocycles. The lowest BCUT2D eigenvalue weighted by atomic mass is 10.1. The number of nitrogens with one attached hydrogen (secondary N) is 1. The molecule has 0 unspecified atom stereocenters. The Morgan fingerprint density at radius 1 is 1.15 bits per heavy atom. The van der Waals surface area contributed by atoms with Crippen molar-refractivity contribution in [1.29, 1.82) is 0 Å². The van der Waals surface area contributed by atoms with Crippen molar-refractivity contribution in [3.05, 3.63) is 58.6 Å². The predicted molar refractivity (Wildman–Crippen MR) is 105 cm³/mol. The molecule has 0 saturated heterocycles. The van der Waals surface area contributed by atoms with Crippen molar-refractivity contribution in [3.8, 4) is 0 Å². The van der Waals surface area contributed by atoms with Crippen molar-refractivity contribution in [1.82, 2.24) is 0 Å². The third-order valence-electron chi connectivity index (χ3n) is 3.71. The van der Waals surface area contributed by atoms with Crippen LogP contribution in [0.5, 0.6) is 0 Å². The van der Waals surface area contributed by atoms with Gasteiger partial charge in [0.15, 0.2) is 0 Å². The monoisotopic (exact) mass is 410 g/mol. The Kier molecular flexibility index (Phi) is 6.45. The van der Waals surface area contributed by atoms with Crippen LogP contribution in [0.25, 0.3) is 0 Å². The largest absolute Gasteiger partial charge is 0.462 e. The summed E-state index contributed by atoms with van der Waals surface area (Å²) < 4.78 is 29.1. The Labute approximate surface area is 162 Å². The Bertz CT molecular complexity index is 958. The first-order valence-electron chi connectivity index (χ1n) is 7.95. The molecule has 0 spiro atoms. The molecule has 0 fully saturated rings. The minimum Gasteiger partial charge on any atom is -0.462 e. The van der Waals surface area contributed by atoms with Crippen LogP contribution in [-0.4, -0.2) is 40.2 Å². The van der Waals surface area contributed by atoms with Gasteiger partial charge >= 0.3 is 5.97 Å². The maximum Gasteiger partial charge on any atom is 0.338 e. The average molecular weight is 411 g/mol. The first-order chi connectivity index (χ1) is 12.6. The molecule has 2 rings (SSSR count). The van der Waals surface area contributed by atoms with Crippen LogP contribution in [-0.2, 0) is 14.8 Å². The molecule has 2 aromatic rings. The van der Waals surface area contributed by atoms with Gasteiger partial charge in [-0.05, 0) is 49.4 Å². The lowest BCUT2D eigenvalue weighted by molar-refractivity contribution is 0.0526. The van der Waals surface area contributed by atoms with Gasteiger partial charge in [-0.2, -0.15) is 0 Å². The first kappa shape index (κ1) is 20.7. The molecule has 0 heterocycles. The van der Waals surface area contributed by atoms with E-state index in [0.717, 1.165) is 10.6 Å². The fraction of sp³-hybridized carbons (Fsp3) is 0.222. The van der Waals surface area contributed by atoms with Crippen LogP contribution in [0.1, 0.15) is 27.6 Å². The lowest BCUT2D eigenvalue weighted by Gasteiger charge is -2.17. The van der Waals surface area contributed by atoms with Gasteiger partial charge in [0.2, 0.25) is 10.0 Å². The van der Waals surface area contributed by atoms with Gasteiger partial charge in [0.1, 0.15) is 0 Å². The molecule has 0 radical (unpaired) electrons. The van der Waals surface area contributed by atoms with Gasteiger partial charge in [-0.15, -0.1) is 0 Å².